The monoisotopic (exact) mass is 269 g/mol. The molecule has 0 bridgehead atoms. The lowest BCUT2D eigenvalue weighted by Crippen LogP contribution is -2.23. The molecular weight excluding hydrogens is 257 g/mol. The van der Waals surface area contributed by atoms with Crippen LogP contribution in [0.15, 0.2) is 48.5 Å². The number of aromatic amines is 1. The molecule has 0 aliphatic rings. The summed E-state index contributed by atoms with van der Waals surface area (Å²) in [5.41, 5.74) is 1.86. The summed E-state index contributed by atoms with van der Waals surface area (Å²) >= 11 is 0. The van der Waals surface area contributed by atoms with E-state index in [9.17, 15) is 9.18 Å². The minimum atomic E-state index is -0.318. The van der Waals surface area contributed by atoms with E-state index in [4.69, 9.17) is 0 Å². The molecule has 5 heteroatoms. The maximum Gasteiger partial charge on any atom is 0.272 e. The van der Waals surface area contributed by atoms with Crippen LogP contribution >= 0.6 is 0 Å². The molecule has 100 valence electrons. The molecule has 0 atom stereocenters. The van der Waals surface area contributed by atoms with Crippen LogP contribution in [0.1, 0.15) is 16.1 Å². The summed E-state index contributed by atoms with van der Waals surface area (Å²) in [6.07, 6.45) is 0. The van der Waals surface area contributed by atoms with Crippen molar-refractivity contribution in [1.29, 1.82) is 0 Å². The standard InChI is InChI=1S/C15H12FN3O/c16-11-5-3-4-10(8-11)9-17-15(20)14-12-6-1-2-7-13(12)18-19-14/h1-8H,9H2,(H,17,20)(H,18,19). The Hall–Kier alpha value is -2.69. The minimum absolute atomic E-state index is 0.262. The molecule has 0 saturated carbocycles. The van der Waals surface area contributed by atoms with Gasteiger partial charge < -0.3 is 5.32 Å². The summed E-state index contributed by atoms with van der Waals surface area (Å²) in [7, 11) is 0. The molecule has 1 amide bonds. The fourth-order valence-electron chi connectivity index (χ4n) is 2.05. The lowest BCUT2D eigenvalue weighted by atomic mass is 10.2. The average molecular weight is 269 g/mol. The van der Waals surface area contributed by atoms with E-state index >= 15 is 0 Å². The second kappa shape index (κ2) is 5.13. The van der Waals surface area contributed by atoms with Gasteiger partial charge in [-0.3, -0.25) is 9.89 Å². The Labute approximate surface area is 114 Å². The van der Waals surface area contributed by atoms with E-state index in [2.05, 4.69) is 15.5 Å². The fourth-order valence-corrected chi connectivity index (χ4v) is 2.05. The van der Waals surface area contributed by atoms with Crippen molar-refractivity contribution < 1.29 is 9.18 Å². The van der Waals surface area contributed by atoms with Crippen molar-refractivity contribution in [2.24, 2.45) is 0 Å². The summed E-state index contributed by atoms with van der Waals surface area (Å²) < 4.78 is 13.0. The number of para-hydroxylation sites is 1. The van der Waals surface area contributed by atoms with Crippen LogP contribution in [-0.4, -0.2) is 16.1 Å². The van der Waals surface area contributed by atoms with E-state index in [0.717, 1.165) is 10.9 Å². The van der Waals surface area contributed by atoms with Crippen LogP contribution < -0.4 is 5.32 Å². The number of fused-ring (bicyclic) bond motifs is 1. The summed E-state index contributed by atoms with van der Waals surface area (Å²) in [6.45, 7) is 0.262. The summed E-state index contributed by atoms with van der Waals surface area (Å²) in [5.74, 6) is -0.603. The maximum absolute atomic E-state index is 13.0. The first kappa shape index (κ1) is 12.3. The van der Waals surface area contributed by atoms with Gasteiger partial charge in [0.15, 0.2) is 5.69 Å². The molecule has 1 aromatic heterocycles. The summed E-state index contributed by atoms with van der Waals surface area (Å²) in [6, 6.07) is 13.5. The molecule has 0 fully saturated rings. The second-order valence-corrected chi connectivity index (χ2v) is 4.43. The predicted octanol–water partition coefficient (Wildman–Crippen LogP) is 2.63. The molecule has 3 rings (SSSR count). The Morgan fingerprint density at radius 1 is 1.20 bits per heavy atom. The van der Waals surface area contributed by atoms with E-state index in [1.165, 1.54) is 12.1 Å². The van der Waals surface area contributed by atoms with Gasteiger partial charge in [-0.15, -0.1) is 0 Å². The van der Waals surface area contributed by atoms with Gasteiger partial charge in [0, 0.05) is 11.9 Å². The molecule has 0 aliphatic heterocycles. The highest BCUT2D eigenvalue weighted by molar-refractivity contribution is 6.04. The van der Waals surface area contributed by atoms with Crippen molar-refractivity contribution in [2.45, 2.75) is 6.54 Å². The topological polar surface area (TPSA) is 57.8 Å². The number of carbonyl (C=O) groups excluding carboxylic acids is 1. The number of nitrogens with one attached hydrogen (secondary N) is 2. The van der Waals surface area contributed by atoms with Crippen LogP contribution in [0.3, 0.4) is 0 Å². The van der Waals surface area contributed by atoms with Crippen LogP contribution in [0.5, 0.6) is 0 Å². The van der Waals surface area contributed by atoms with E-state index in [1.54, 1.807) is 12.1 Å². The normalized spacial score (nSPS) is 10.7. The number of benzene rings is 2. The number of aromatic nitrogens is 2. The van der Waals surface area contributed by atoms with Gasteiger partial charge in [-0.1, -0.05) is 30.3 Å². The molecule has 0 aliphatic carbocycles. The van der Waals surface area contributed by atoms with E-state index in [0.29, 0.717) is 11.3 Å². The molecule has 0 radical (unpaired) electrons. The van der Waals surface area contributed by atoms with Crippen molar-refractivity contribution in [3.63, 3.8) is 0 Å². The van der Waals surface area contributed by atoms with Gasteiger partial charge in [-0.05, 0) is 23.8 Å². The molecule has 20 heavy (non-hydrogen) atoms. The van der Waals surface area contributed by atoms with Gasteiger partial charge in [-0.2, -0.15) is 5.10 Å². The highest BCUT2D eigenvalue weighted by Crippen LogP contribution is 2.15. The van der Waals surface area contributed by atoms with Crippen molar-refractivity contribution in [1.82, 2.24) is 15.5 Å². The van der Waals surface area contributed by atoms with Gasteiger partial charge in [0.25, 0.3) is 5.91 Å². The number of hydrogen-bond acceptors (Lipinski definition) is 2. The van der Waals surface area contributed by atoms with Crippen molar-refractivity contribution in [2.75, 3.05) is 0 Å². The minimum Gasteiger partial charge on any atom is -0.347 e. The zero-order valence-corrected chi connectivity index (χ0v) is 10.6. The zero-order valence-electron chi connectivity index (χ0n) is 10.6. The smallest absolute Gasteiger partial charge is 0.272 e. The van der Waals surface area contributed by atoms with Crippen LogP contribution in [0, 0.1) is 5.82 Å². The fraction of sp³-hybridized carbons (Fsp3) is 0.0667. The molecule has 0 unspecified atom stereocenters. The van der Waals surface area contributed by atoms with Gasteiger partial charge in [0.05, 0.1) is 5.52 Å². The maximum atomic E-state index is 13.0. The molecule has 1 heterocycles. The average Bonchev–Trinajstić information content (AvgIpc) is 2.89. The number of nitrogens with zero attached hydrogens (tertiary/aromatic N) is 1. The van der Waals surface area contributed by atoms with E-state index in [1.807, 2.05) is 24.3 Å². The molecule has 2 N–H and O–H groups in total. The first-order valence-corrected chi connectivity index (χ1v) is 6.20. The molecule has 3 aromatic rings. The van der Waals surface area contributed by atoms with Crippen LogP contribution in [0.2, 0.25) is 0 Å². The molecule has 0 spiro atoms. The second-order valence-electron chi connectivity index (χ2n) is 4.43. The first-order valence-electron chi connectivity index (χ1n) is 6.20. The van der Waals surface area contributed by atoms with Crippen LogP contribution in [0.4, 0.5) is 4.39 Å². The van der Waals surface area contributed by atoms with Crippen molar-refractivity contribution in [3.8, 4) is 0 Å². The van der Waals surface area contributed by atoms with Gasteiger partial charge in [-0.25, -0.2) is 4.39 Å². The Morgan fingerprint density at radius 3 is 2.90 bits per heavy atom. The van der Waals surface area contributed by atoms with Crippen LogP contribution in [0.25, 0.3) is 10.9 Å². The number of H-pyrrole nitrogens is 1. The van der Waals surface area contributed by atoms with Gasteiger partial charge in [0.2, 0.25) is 0 Å². The Balaban J connectivity index is 1.76. The van der Waals surface area contributed by atoms with E-state index < -0.39 is 0 Å². The quantitative estimate of drug-likeness (QED) is 0.768. The molecule has 2 aromatic carbocycles. The third kappa shape index (κ3) is 2.38. The Morgan fingerprint density at radius 2 is 2.05 bits per heavy atom. The third-order valence-electron chi connectivity index (χ3n) is 3.03. The van der Waals surface area contributed by atoms with Crippen LogP contribution in [-0.2, 0) is 6.54 Å². The van der Waals surface area contributed by atoms with Crippen molar-refractivity contribution >= 4 is 16.8 Å². The number of halogens is 1. The summed E-state index contributed by atoms with van der Waals surface area (Å²) in [4.78, 5) is 12.1. The SMILES string of the molecule is O=C(NCc1cccc(F)c1)c1n[nH]c2ccccc12. The van der Waals surface area contributed by atoms with Gasteiger partial charge >= 0.3 is 0 Å². The number of carbonyl (C=O) groups is 1. The lowest BCUT2D eigenvalue weighted by molar-refractivity contribution is 0.0947. The Kier molecular flexibility index (Phi) is 3.16. The Bertz CT molecular complexity index is 766. The molecule has 0 saturated heterocycles. The largest absolute Gasteiger partial charge is 0.347 e. The highest BCUT2D eigenvalue weighted by atomic mass is 19.1. The van der Waals surface area contributed by atoms with E-state index in [-0.39, 0.29) is 18.3 Å². The third-order valence-corrected chi connectivity index (χ3v) is 3.03. The number of amides is 1. The number of hydrogen-bond donors (Lipinski definition) is 2. The molecular formula is C15H12FN3O. The zero-order chi connectivity index (χ0) is 13.9. The predicted molar refractivity (Wildman–Crippen MR) is 73.7 cm³/mol. The lowest BCUT2D eigenvalue weighted by Gasteiger charge is -2.03. The summed E-state index contributed by atoms with van der Waals surface area (Å²) in [5, 5.41) is 10.3. The molecule has 4 nitrogen and oxygen atoms in total. The van der Waals surface area contributed by atoms with Crippen molar-refractivity contribution in [3.05, 3.63) is 65.6 Å². The highest BCUT2D eigenvalue weighted by Gasteiger charge is 2.13. The number of rotatable bonds is 3. The van der Waals surface area contributed by atoms with Gasteiger partial charge in [0.1, 0.15) is 5.82 Å². The first-order chi connectivity index (χ1) is 9.74.